The van der Waals surface area contributed by atoms with Crippen LogP contribution in [0, 0.1) is 5.82 Å². The summed E-state index contributed by atoms with van der Waals surface area (Å²) in [6, 6.07) is 1.77. The molecule has 0 spiro atoms. The molecule has 0 bridgehead atoms. The minimum atomic E-state index is -4.78. The van der Waals surface area contributed by atoms with Gasteiger partial charge in [0.2, 0.25) is 17.8 Å². The van der Waals surface area contributed by atoms with Crippen LogP contribution in [0.25, 0.3) is 11.2 Å². The van der Waals surface area contributed by atoms with E-state index in [1.165, 1.54) is 16.5 Å². The Morgan fingerprint density at radius 3 is 2.54 bits per heavy atom. The van der Waals surface area contributed by atoms with Gasteiger partial charge in [-0.1, -0.05) is 0 Å². The molecule has 1 unspecified atom stereocenters. The highest BCUT2D eigenvalue weighted by Gasteiger charge is 2.36. The Balaban J connectivity index is 1.60. The summed E-state index contributed by atoms with van der Waals surface area (Å²) in [4.78, 5) is 50.1. The second-order valence-corrected chi connectivity index (χ2v) is 11.2. The van der Waals surface area contributed by atoms with Gasteiger partial charge in [0.1, 0.15) is 18.0 Å². The van der Waals surface area contributed by atoms with Crippen molar-refractivity contribution >= 4 is 35.1 Å². The fourth-order valence-corrected chi connectivity index (χ4v) is 5.12. The first kappa shape index (κ1) is 28.4. The number of imidazole rings is 1. The number of nitrogens with zero attached hydrogens (tertiary/aromatic N) is 6. The lowest BCUT2D eigenvalue weighted by Gasteiger charge is -2.34. The highest BCUT2D eigenvalue weighted by Crippen LogP contribution is 2.34. The summed E-state index contributed by atoms with van der Waals surface area (Å²) in [5, 5.41) is 2.81. The van der Waals surface area contributed by atoms with Crippen molar-refractivity contribution in [2.75, 3.05) is 29.9 Å². The van der Waals surface area contributed by atoms with Crippen LogP contribution in [0.3, 0.4) is 0 Å². The number of likely N-dealkylation sites (N-methyl/N-ethyl adjacent to an activating group) is 1. The zero-order chi connectivity index (χ0) is 29.9. The van der Waals surface area contributed by atoms with Gasteiger partial charge in [0, 0.05) is 26.2 Å². The minimum Gasteiger partial charge on any atom is -0.444 e. The van der Waals surface area contributed by atoms with Crippen molar-refractivity contribution in [2.24, 2.45) is 0 Å². The number of halogens is 4. The smallest absolute Gasteiger partial charge is 0.416 e. The highest BCUT2D eigenvalue weighted by molar-refractivity contribution is 5.95. The number of aromatic nitrogens is 4. The molecule has 2 amide bonds. The van der Waals surface area contributed by atoms with Crippen LogP contribution in [-0.4, -0.2) is 62.9 Å². The summed E-state index contributed by atoms with van der Waals surface area (Å²) in [5.74, 6) is -1.06. The molecule has 5 rings (SSSR count). The lowest BCUT2D eigenvalue weighted by molar-refractivity contribution is -0.138. The van der Waals surface area contributed by atoms with Crippen molar-refractivity contribution in [1.82, 2.24) is 24.4 Å². The summed E-state index contributed by atoms with van der Waals surface area (Å²) >= 11 is 0. The molecular formula is C26H29F4N7O4. The first-order chi connectivity index (χ1) is 19.1. The number of alkyl carbamates (subject to hydrolysis) is 1. The Morgan fingerprint density at radius 1 is 1.15 bits per heavy atom. The number of fused-ring (bicyclic) bond motifs is 2. The average Bonchev–Trinajstić information content (AvgIpc) is 3.35. The van der Waals surface area contributed by atoms with Gasteiger partial charge in [-0.25, -0.2) is 9.18 Å². The first-order valence-electron chi connectivity index (χ1n) is 13.0. The van der Waals surface area contributed by atoms with Crippen molar-refractivity contribution in [3.05, 3.63) is 45.5 Å². The number of amides is 2. The molecule has 1 N–H and O–H groups in total. The fourth-order valence-electron chi connectivity index (χ4n) is 5.12. The molecule has 1 aromatic carbocycles. The van der Waals surface area contributed by atoms with E-state index in [4.69, 9.17) is 4.74 Å². The Hall–Kier alpha value is -4.17. The van der Waals surface area contributed by atoms with E-state index in [0.717, 1.165) is 16.7 Å². The van der Waals surface area contributed by atoms with E-state index >= 15 is 0 Å². The van der Waals surface area contributed by atoms with Gasteiger partial charge in [0.05, 0.1) is 12.1 Å². The Morgan fingerprint density at radius 2 is 1.85 bits per heavy atom. The van der Waals surface area contributed by atoms with Gasteiger partial charge < -0.3 is 15.0 Å². The average molecular weight is 580 g/mol. The van der Waals surface area contributed by atoms with Gasteiger partial charge >= 0.3 is 12.3 Å². The molecule has 11 nitrogen and oxygen atoms in total. The third kappa shape index (κ3) is 5.57. The van der Waals surface area contributed by atoms with Gasteiger partial charge in [-0.3, -0.25) is 23.6 Å². The molecule has 0 saturated carbocycles. The van der Waals surface area contributed by atoms with Crippen LogP contribution in [0.15, 0.2) is 23.0 Å². The predicted molar refractivity (Wildman–Crippen MR) is 140 cm³/mol. The molecule has 1 saturated heterocycles. The lowest BCUT2D eigenvalue weighted by Crippen LogP contribution is -2.49. The van der Waals surface area contributed by atoms with E-state index in [9.17, 15) is 31.9 Å². The Bertz CT molecular complexity index is 1590. The summed E-state index contributed by atoms with van der Waals surface area (Å²) in [6.45, 7) is 5.02. The number of hydrogen-bond acceptors (Lipinski definition) is 7. The molecule has 1 fully saturated rings. The summed E-state index contributed by atoms with van der Waals surface area (Å²) in [6.07, 6.45) is -4.19. The van der Waals surface area contributed by atoms with Crippen molar-refractivity contribution in [3.63, 3.8) is 0 Å². The number of hydrogen-bond donors (Lipinski definition) is 1. The standard InChI is InChI=1S/C26H29F4N7O4/c1-25(2,3)41-24(40)31-16-6-5-9-35(12-16)23-33-20-19(21(39)37-13-18(38)34(4)22(37)32-20)36(23)11-14-10-15(27)7-8-17(14)26(28,29)30/h7-8,10,16H,5-6,9,11-13H2,1-4H3,(H,31,40). The van der Waals surface area contributed by atoms with Crippen LogP contribution >= 0.6 is 0 Å². The van der Waals surface area contributed by atoms with E-state index < -0.39 is 46.9 Å². The maximum atomic E-state index is 14.2. The predicted octanol–water partition coefficient (Wildman–Crippen LogP) is 3.27. The maximum absolute atomic E-state index is 14.2. The third-order valence-corrected chi connectivity index (χ3v) is 6.92. The van der Waals surface area contributed by atoms with Gasteiger partial charge in [0.15, 0.2) is 11.2 Å². The molecule has 1 atom stereocenters. The van der Waals surface area contributed by atoms with Crippen LogP contribution in [0.2, 0.25) is 0 Å². The number of rotatable bonds is 4. The number of carbonyl (C=O) groups is 2. The number of piperidine rings is 1. The molecule has 2 aromatic heterocycles. The number of anilines is 2. The number of carbonyl (C=O) groups excluding carboxylic acids is 2. The van der Waals surface area contributed by atoms with Crippen molar-refractivity contribution in [3.8, 4) is 0 Å². The van der Waals surface area contributed by atoms with Crippen LogP contribution in [0.4, 0.5) is 34.3 Å². The minimum absolute atomic E-state index is 0.0635. The molecule has 15 heteroatoms. The van der Waals surface area contributed by atoms with E-state index in [2.05, 4.69) is 15.3 Å². The number of ether oxygens (including phenoxy) is 1. The zero-order valence-corrected chi connectivity index (χ0v) is 22.9. The Kier molecular flexibility index (Phi) is 6.94. The lowest BCUT2D eigenvalue weighted by atomic mass is 10.1. The summed E-state index contributed by atoms with van der Waals surface area (Å²) < 4.78 is 63.6. The quantitative estimate of drug-likeness (QED) is 0.472. The molecule has 2 aliphatic rings. The van der Waals surface area contributed by atoms with E-state index in [1.807, 2.05) is 0 Å². The van der Waals surface area contributed by atoms with Gasteiger partial charge in [-0.15, -0.1) is 0 Å². The van der Waals surface area contributed by atoms with E-state index in [0.29, 0.717) is 25.5 Å². The Labute approximate surface area is 231 Å². The molecule has 41 heavy (non-hydrogen) atoms. The normalized spacial score (nSPS) is 17.8. The summed E-state index contributed by atoms with van der Waals surface area (Å²) in [7, 11) is 1.46. The van der Waals surface area contributed by atoms with Crippen LogP contribution in [0.1, 0.15) is 44.7 Å². The fraction of sp³-hybridized carbons (Fsp3) is 0.500. The number of nitrogens with one attached hydrogen (secondary N) is 1. The van der Waals surface area contributed by atoms with Gasteiger partial charge in [-0.2, -0.15) is 23.1 Å². The van der Waals surface area contributed by atoms with Crippen LogP contribution in [-0.2, 0) is 28.8 Å². The molecule has 4 heterocycles. The van der Waals surface area contributed by atoms with Crippen LogP contribution < -0.4 is 20.7 Å². The second-order valence-electron chi connectivity index (χ2n) is 11.2. The monoisotopic (exact) mass is 579 g/mol. The van der Waals surface area contributed by atoms with E-state index in [-0.39, 0.29) is 48.1 Å². The largest absolute Gasteiger partial charge is 0.444 e. The zero-order valence-electron chi connectivity index (χ0n) is 22.9. The highest BCUT2D eigenvalue weighted by atomic mass is 19.4. The van der Waals surface area contributed by atoms with Crippen LogP contribution in [0.5, 0.6) is 0 Å². The molecule has 0 aliphatic carbocycles. The maximum Gasteiger partial charge on any atom is 0.416 e. The molecule has 3 aromatic rings. The van der Waals surface area contributed by atoms with Crippen molar-refractivity contribution in [2.45, 2.75) is 64.5 Å². The van der Waals surface area contributed by atoms with Crippen molar-refractivity contribution in [1.29, 1.82) is 0 Å². The number of benzene rings is 1. The summed E-state index contributed by atoms with van der Waals surface area (Å²) in [5.41, 5.74) is -3.02. The number of alkyl halides is 3. The topological polar surface area (TPSA) is 115 Å². The second kappa shape index (κ2) is 10.0. The van der Waals surface area contributed by atoms with Crippen molar-refractivity contribution < 1.29 is 31.9 Å². The molecular weight excluding hydrogens is 550 g/mol. The molecule has 2 aliphatic heterocycles. The van der Waals surface area contributed by atoms with E-state index in [1.54, 1.807) is 25.7 Å². The molecule has 220 valence electrons. The third-order valence-electron chi connectivity index (χ3n) is 6.92. The first-order valence-corrected chi connectivity index (χ1v) is 13.0. The molecule has 0 radical (unpaired) electrons. The van der Waals surface area contributed by atoms with Gasteiger partial charge in [-0.05, 0) is 57.4 Å². The SMILES string of the molecule is CN1C(=O)Cn2c1nc1nc(N3CCCC(NC(=O)OC(C)(C)C)C3)n(Cc3cc(F)ccc3C(F)(F)F)c1c2=O. The van der Waals surface area contributed by atoms with Gasteiger partial charge in [0.25, 0.3) is 5.56 Å².